The number of aromatic hydroxyl groups is 1. The quantitative estimate of drug-likeness (QED) is 0.622. The zero-order valence-corrected chi connectivity index (χ0v) is 13.6. The van der Waals surface area contributed by atoms with Gasteiger partial charge in [0, 0.05) is 25.2 Å². The van der Waals surface area contributed by atoms with Gasteiger partial charge in [0.2, 0.25) is 5.95 Å². The van der Waals surface area contributed by atoms with E-state index in [4.69, 9.17) is 0 Å². The van der Waals surface area contributed by atoms with Gasteiger partial charge in [0.05, 0.1) is 11.0 Å². The minimum Gasteiger partial charge on any atom is -0.505 e. The van der Waals surface area contributed by atoms with Gasteiger partial charge in [0.1, 0.15) is 0 Å². The second-order valence-electron chi connectivity index (χ2n) is 5.65. The highest BCUT2D eigenvalue weighted by atomic mass is 19.1. The van der Waals surface area contributed by atoms with E-state index in [0.717, 1.165) is 30.1 Å². The van der Waals surface area contributed by atoms with Gasteiger partial charge in [-0.05, 0) is 24.7 Å². The van der Waals surface area contributed by atoms with Crippen LogP contribution in [0, 0.1) is 5.82 Å². The summed E-state index contributed by atoms with van der Waals surface area (Å²) in [7, 11) is 0. The fourth-order valence-corrected chi connectivity index (χ4v) is 2.65. The predicted molar refractivity (Wildman–Crippen MR) is 93.6 cm³/mol. The molecule has 0 amide bonds. The minimum atomic E-state index is -0.580. The SMILES string of the molecule is CCN(CCNc1nc2ccccc2[nH]1)Cc1cccc(F)c1O. The van der Waals surface area contributed by atoms with E-state index in [1.54, 1.807) is 12.1 Å². The van der Waals surface area contributed by atoms with Gasteiger partial charge in [0.15, 0.2) is 11.6 Å². The van der Waals surface area contributed by atoms with Crippen molar-refractivity contribution in [2.45, 2.75) is 13.5 Å². The Morgan fingerprint density at radius 3 is 2.83 bits per heavy atom. The van der Waals surface area contributed by atoms with Crippen molar-refractivity contribution in [3.05, 3.63) is 53.8 Å². The standard InChI is InChI=1S/C18H21FN4O/c1-2-23(12-13-6-5-7-14(19)17(13)24)11-10-20-18-21-15-8-3-4-9-16(15)22-18/h3-9,24H,2,10-12H2,1H3,(H2,20,21,22). The first kappa shape index (κ1) is 16.3. The van der Waals surface area contributed by atoms with E-state index in [2.05, 4.69) is 20.2 Å². The van der Waals surface area contributed by atoms with Crippen molar-refractivity contribution >= 4 is 17.0 Å². The third kappa shape index (κ3) is 3.65. The summed E-state index contributed by atoms with van der Waals surface area (Å²) in [5, 5.41) is 13.1. The fraction of sp³-hybridized carbons (Fsp3) is 0.278. The van der Waals surface area contributed by atoms with Crippen molar-refractivity contribution in [1.82, 2.24) is 14.9 Å². The van der Waals surface area contributed by atoms with Crippen LogP contribution in [-0.2, 0) is 6.54 Å². The number of phenolic OH excluding ortho intramolecular Hbond substituents is 1. The molecule has 24 heavy (non-hydrogen) atoms. The highest BCUT2D eigenvalue weighted by Gasteiger charge is 2.10. The van der Waals surface area contributed by atoms with Gasteiger partial charge in [-0.15, -0.1) is 0 Å². The van der Waals surface area contributed by atoms with Gasteiger partial charge in [-0.3, -0.25) is 4.90 Å². The molecule has 0 saturated heterocycles. The number of imidazole rings is 1. The molecule has 5 nitrogen and oxygen atoms in total. The first-order valence-electron chi connectivity index (χ1n) is 8.04. The van der Waals surface area contributed by atoms with Crippen LogP contribution in [0.3, 0.4) is 0 Å². The summed E-state index contributed by atoms with van der Waals surface area (Å²) in [6, 6.07) is 12.5. The molecular weight excluding hydrogens is 307 g/mol. The van der Waals surface area contributed by atoms with Crippen molar-refractivity contribution < 1.29 is 9.50 Å². The van der Waals surface area contributed by atoms with E-state index < -0.39 is 5.82 Å². The summed E-state index contributed by atoms with van der Waals surface area (Å²) in [5.74, 6) is -0.106. The number of aromatic amines is 1. The van der Waals surface area contributed by atoms with Crippen LogP contribution in [0.5, 0.6) is 5.75 Å². The number of anilines is 1. The lowest BCUT2D eigenvalue weighted by molar-refractivity contribution is 0.284. The van der Waals surface area contributed by atoms with E-state index in [9.17, 15) is 9.50 Å². The molecule has 3 N–H and O–H groups in total. The molecule has 6 heteroatoms. The Hall–Kier alpha value is -2.60. The van der Waals surface area contributed by atoms with E-state index in [-0.39, 0.29) is 5.75 Å². The Morgan fingerprint density at radius 2 is 2.04 bits per heavy atom. The smallest absolute Gasteiger partial charge is 0.201 e. The van der Waals surface area contributed by atoms with Crippen LogP contribution in [0.4, 0.5) is 10.3 Å². The Morgan fingerprint density at radius 1 is 1.21 bits per heavy atom. The van der Waals surface area contributed by atoms with Crippen molar-refractivity contribution in [3.8, 4) is 5.75 Å². The Bertz CT molecular complexity index is 785. The molecule has 0 spiro atoms. The van der Waals surface area contributed by atoms with Crippen molar-refractivity contribution in [1.29, 1.82) is 0 Å². The van der Waals surface area contributed by atoms with Gasteiger partial charge in [-0.25, -0.2) is 9.37 Å². The van der Waals surface area contributed by atoms with Crippen LogP contribution in [0.15, 0.2) is 42.5 Å². The number of para-hydroxylation sites is 3. The third-order valence-electron chi connectivity index (χ3n) is 4.02. The molecule has 1 heterocycles. The molecule has 0 saturated carbocycles. The summed E-state index contributed by atoms with van der Waals surface area (Å²) in [6.45, 7) is 4.80. The molecule has 0 unspecified atom stereocenters. The Labute approximate surface area is 140 Å². The number of phenols is 1. The second kappa shape index (κ2) is 7.31. The fourth-order valence-electron chi connectivity index (χ4n) is 2.65. The van der Waals surface area contributed by atoms with Crippen molar-refractivity contribution in [3.63, 3.8) is 0 Å². The monoisotopic (exact) mass is 328 g/mol. The molecule has 0 radical (unpaired) electrons. The third-order valence-corrected chi connectivity index (χ3v) is 4.02. The van der Waals surface area contributed by atoms with E-state index in [1.807, 2.05) is 31.2 Å². The number of hydrogen-bond acceptors (Lipinski definition) is 4. The molecule has 3 aromatic rings. The zero-order valence-electron chi connectivity index (χ0n) is 13.6. The van der Waals surface area contributed by atoms with Crippen LogP contribution >= 0.6 is 0 Å². The van der Waals surface area contributed by atoms with Crippen LogP contribution in [0.1, 0.15) is 12.5 Å². The lowest BCUT2D eigenvalue weighted by Crippen LogP contribution is -2.28. The molecule has 126 valence electrons. The van der Waals surface area contributed by atoms with Crippen molar-refractivity contribution in [2.75, 3.05) is 25.0 Å². The maximum atomic E-state index is 13.4. The van der Waals surface area contributed by atoms with Gasteiger partial charge in [-0.1, -0.05) is 31.2 Å². The second-order valence-corrected chi connectivity index (χ2v) is 5.65. The number of aromatic nitrogens is 2. The van der Waals surface area contributed by atoms with Gasteiger partial charge in [0.25, 0.3) is 0 Å². The van der Waals surface area contributed by atoms with E-state index >= 15 is 0 Å². The number of hydrogen-bond donors (Lipinski definition) is 3. The number of benzene rings is 2. The topological polar surface area (TPSA) is 64.2 Å². The molecule has 0 aliphatic heterocycles. The minimum absolute atomic E-state index is 0.263. The molecule has 3 rings (SSSR count). The first-order chi connectivity index (χ1) is 11.7. The molecule has 2 aromatic carbocycles. The van der Waals surface area contributed by atoms with Crippen LogP contribution in [0.25, 0.3) is 11.0 Å². The number of nitrogens with zero attached hydrogens (tertiary/aromatic N) is 2. The number of fused-ring (bicyclic) bond motifs is 1. The summed E-state index contributed by atoms with van der Waals surface area (Å²) in [6.07, 6.45) is 0. The molecule has 1 aromatic heterocycles. The molecule has 0 bridgehead atoms. The first-order valence-corrected chi connectivity index (χ1v) is 8.04. The Balaban J connectivity index is 1.56. The van der Waals surface area contributed by atoms with Crippen LogP contribution in [-0.4, -0.2) is 39.6 Å². The van der Waals surface area contributed by atoms with Gasteiger partial charge >= 0.3 is 0 Å². The molecular formula is C18H21FN4O. The largest absolute Gasteiger partial charge is 0.505 e. The maximum Gasteiger partial charge on any atom is 0.201 e. The molecule has 0 aliphatic rings. The highest BCUT2D eigenvalue weighted by Crippen LogP contribution is 2.22. The number of nitrogens with one attached hydrogen (secondary N) is 2. The molecule has 0 aliphatic carbocycles. The van der Waals surface area contributed by atoms with E-state index in [0.29, 0.717) is 18.7 Å². The number of H-pyrrole nitrogens is 1. The van der Waals surface area contributed by atoms with Crippen LogP contribution in [0.2, 0.25) is 0 Å². The summed E-state index contributed by atoms with van der Waals surface area (Å²) in [4.78, 5) is 9.82. The molecule has 0 fully saturated rings. The zero-order chi connectivity index (χ0) is 16.9. The van der Waals surface area contributed by atoms with E-state index in [1.165, 1.54) is 6.07 Å². The molecule has 0 atom stereocenters. The summed E-state index contributed by atoms with van der Waals surface area (Å²) < 4.78 is 13.4. The van der Waals surface area contributed by atoms with Crippen molar-refractivity contribution in [2.24, 2.45) is 0 Å². The maximum absolute atomic E-state index is 13.4. The normalized spacial score (nSPS) is 11.3. The lowest BCUT2D eigenvalue weighted by atomic mass is 10.2. The van der Waals surface area contributed by atoms with Gasteiger partial charge < -0.3 is 15.4 Å². The number of likely N-dealkylation sites (N-methyl/N-ethyl adjacent to an activating group) is 1. The van der Waals surface area contributed by atoms with Crippen LogP contribution < -0.4 is 5.32 Å². The number of halogens is 1. The summed E-state index contributed by atoms with van der Waals surface area (Å²) in [5.41, 5.74) is 2.52. The Kier molecular flexibility index (Phi) is 4.96. The van der Waals surface area contributed by atoms with Gasteiger partial charge in [-0.2, -0.15) is 0 Å². The summed E-state index contributed by atoms with van der Waals surface area (Å²) >= 11 is 0. The average molecular weight is 328 g/mol. The highest BCUT2D eigenvalue weighted by molar-refractivity contribution is 5.77. The number of rotatable bonds is 7. The lowest BCUT2D eigenvalue weighted by Gasteiger charge is -2.21. The average Bonchev–Trinajstić information content (AvgIpc) is 3.00. The predicted octanol–water partition coefficient (Wildman–Crippen LogP) is 3.34.